The summed E-state index contributed by atoms with van der Waals surface area (Å²) >= 11 is 0. The van der Waals surface area contributed by atoms with Crippen LogP contribution in [0, 0.1) is 6.92 Å². The Morgan fingerprint density at radius 1 is 1.40 bits per heavy atom. The molecule has 80 valence electrons. The van der Waals surface area contributed by atoms with Crippen molar-refractivity contribution in [2.75, 3.05) is 13.3 Å². The minimum absolute atomic E-state index is 0.292. The Balaban J connectivity index is 2.13. The predicted molar refractivity (Wildman–Crippen MR) is 55.1 cm³/mol. The largest absolute Gasteiger partial charge is 0.454 e. The summed E-state index contributed by atoms with van der Waals surface area (Å²) in [6, 6.07) is 3.91. The van der Waals surface area contributed by atoms with Gasteiger partial charge in [0.05, 0.1) is 6.54 Å². The third kappa shape index (κ3) is 2.10. The lowest BCUT2D eigenvalue weighted by molar-refractivity contribution is -0.107. The number of hydrogen-bond donors (Lipinski definition) is 1. The number of carbonyl (C=O) groups is 1. The molecular formula is C11H13NO3. The van der Waals surface area contributed by atoms with E-state index in [4.69, 9.17) is 9.47 Å². The summed E-state index contributed by atoms with van der Waals surface area (Å²) in [5.74, 6) is 1.58. The second kappa shape index (κ2) is 4.31. The maximum Gasteiger partial charge on any atom is 0.231 e. The van der Waals surface area contributed by atoms with Gasteiger partial charge in [0, 0.05) is 6.54 Å². The van der Waals surface area contributed by atoms with Crippen molar-refractivity contribution in [1.29, 1.82) is 0 Å². The van der Waals surface area contributed by atoms with Gasteiger partial charge in [-0.25, -0.2) is 0 Å². The van der Waals surface area contributed by atoms with E-state index in [2.05, 4.69) is 5.32 Å². The number of hydrogen-bond acceptors (Lipinski definition) is 4. The molecule has 0 bridgehead atoms. The first-order valence-electron chi connectivity index (χ1n) is 4.84. The van der Waals surface area contributed by atoms with Crippen molar-refractivity contribution in [3.05, 3.63) is 23.3 Å². The lowest BCUT2D eigenvalue weighted by Crippen LogP contribution is -2.16. The summed E-state index contributed by atoms with van der Waals surface area (Å²) in [4.78, 5) is 10.2. The van der Waals surface area contributed by atoms with E-state index in [1.807, 2.05) is 19.1 Å². The molecule has 0 saturated heterocycles. The van der Waals surface area contributed by atoms with E-state index < -0.39 is 0 Å². The number of fused-ring (bicyclic) bond motifs is 1. The molecule has 0 unspecified atom stereocenters. The minimum Gasteiger partial charge on any atom is -0.454 e. The molecule has 0 amide bonds. The number of carbonyl (C=O) groups excluding carboxylic acids is 1. The van der Waals surface area contributed by atoms with E-state index in [9.17, 15) is 4.79 Å². The van der Waals surface area contributed by atoms with Crippen LogP contribution in [0.4, 0.5) is 0 Å². The zero-order valence-corrected chi connectivity index (χ0v) is 8.58. The molecule has 1 heterocycles. The molecule has 0 aliphatic carbocycles. The highest BCUT2D eigenvalue weighted by Gasteiger charge is 2.15. The number of ether oxygens (including phenoxy) is 2. The highest BCUT2D eigenvalue weighted by Crippen LogP contribution is 2.34. The van der Waals surface area contributed by atoms with Crippen LogP contribution in [0.2, 0.25) is 0 Å². The lowest BCUT2D eigenvalue weighted by atomic mass is 10.1. The van der Waals surface area contributed by atoms with Crippen LogP contribution < -0.4 is 14.8 Å². The molecule has 1 aliphatic rings. The second-order valence-electron chi connectivity index (χ2n) is 3.43. The molecule has 0 atom stereocenters. The number of rotatable bonds is 4. The van der Waals surface area contributed by atoms with Crippen molar-refractivity contribution < 1.29 is 14.3 Å². The monoisotopic (exact) mass is 207 g/mol. The SMILES string of the molecule is Cc1cc2c(cc1CNCC=O)OCO2. The fraction of sp³-hybridized carbons (Fsp3) is 0.364. The van der Waals surface area contributed by atoms with Gasteiger partial charge in [0.25, 0.3) is 0 Å². The molecule has 4 nitrogen and oxygen atoms in total. The Morgan fingerprint density at radius 2 is 2.13 bits per heavy atom. The molecule has 1 aromatic rings. The normalized spacial score (nSPS) is 12.9. The summed E-state index contributed by atoms with van der Waals surface area (Å²) in [6.07, 6.45) is 0.850. The van der Waals surface area contributed by atoms with Crippen molar-refractivity contribution in [3.8, 4) is 11.5 Å². The maximum atomic E-state index is 10.2. The first kappa shape index (κ1) is 9.98. The van der Waals surface area contributed by atoms with Gasteiger partial charge in [-0.2, -0.15) is 0 Å². The molecule has 1 N–H and O–H groups in total. The molecule has 1 aromatic carbocycles. The van der Waals surface area contributed by atoms with E-state index in [0.29, 0.717) is 19.9 Å². The zero-order chi connectivity index (χ0) is 10.7. The Hall–Kier alpha value is -1.55. The average molecular weight is 207 g/mol. The number of aryl methyl sites for hydroxylation is 1. The molecule has 0 saturated carbocycles. The summed E-state index contributed by atoms with van der Waals surface area (Å²) in [5, 5.41) is 3.02. The highest BCUT2D eigenvalue weighted by atomic mass is 16.7. The van der Waals surface area contributed by atoms with Gasteiger partial charge in [-0.3, -0.25) is 0 Å². The van der Waals surface area contributed by atoms with Crippen LogP contribution in [0.15, 0.2) is 12.1 Å². The Bertz CT molecular complexity index is 376. The molecule has 1 aliphatic heterocycles. The Morgan fingerprint density at radius 3 is 2.87 bits per heavy atom. The fourth-order valence-corrected chi connectivity index (χ4v) is 1.54. The van der Waals surface area contributed by atoms with Crippen LogP contribution in [0.3, 0.4) is 0 Å². The zero-order valence-electron chi connectivity index (χ0n) is 8.58. The van der Waals surface area contributed by atoms with E-state index >= 15 is 0 Å². The first-order chi connectivity index (χ1) is 7.31. The van der Waals surface area contributed by atoms with Crippen LogP contribution in [0.25, 0.3) is 0 Å². The van der Waals surface area contributed by atoms with Gasteiger partial charge >= 0.3 is 0 Å². The van der Waals surface area contributed by atoms with Gasteiger partial charge < -0.3 is 19.6 Å². The maximum absolute atomic E-state index is 10.2. The highest BCUT2D eigenvalue weighted by molar-refractivity contribution is 5.52. The predicted octanol–water partition coefficient (Wildman–Crippen LogP) is 1.01. The average Bonchev–Trinajstić information content (AvgIpc) is 2.65. The van der Waals surface area contributed by atoms with E-state index in [-0.39, 0.29) is 0 Å². The summed E-state index contributed by atoms with van der Waals surface area (Å²) in [7, 11) is 0. The van der Waals surface area contributed by atoms with Crippen LogP contribution >= 0.6 is 0 Å². The van der Waals surface area contributed by atoms with E-state index in [1.54, 1.807) is 0 Å². The molecule has 0 radical (unpaired) electrons. The van der Waals surface area contributed by atoms with Crippen LogP contribution in [-0.2, 0) is 11.3 Å². The molecule has 15 heavy (non-hydrogen) atoms. The molecule has 0 aromatic heterocycles. The van der Waals surface area contributed by atoms with Gasteiger partial charge in [0.2, 0.25) is 6.79 Å². The summed E-state index contributed by atoms with van der Waals surface area (Å²) < 4.78 is 10.5. The van der Waals surface area contributed by atoms with Gasteiger partial charge in [-0.15, -0.1) is 0 Å². The third-order valence-electron chi connectivity index (χ3n) is 2.37. The second-order valence-corrected chi connectivity index (χ2v) is 3.43. The topological polar surface area (TPSA) is 47.6 Å². The number of benzene rings is 1. The molecule has 2 rings (SSSR count). The van der Waals surface area contributed by atoms with Crippen LogP contribution in [0.1, 0.15) is 11.1 Å². The molecule has 4 heteroatoms. The van der Waals surface area contributed by atoms with Gasteiger partial charge in [-0.1, -0.05) is 0 Å². The van der Waals surface area contributed by atoms with Gasteiger partial charge in [-0.05, 0) is 30.2 Å². The van der Waals surface area contributed by atoms with Crippen molar-refractivity contribution in [2.24, 2.45) is 0 Å². The van der Waals surface area contributed by atoms with Gasteiger partial charge in [0.1, 0.15) is 6.29 Å². The quantitative estimate of drug-likeness (QED) is 0.591. The number of nitrogens with one attached hydrogen (secondary N) is 1. The third-order valence-corrected chi connectivity index (χ3v) is 2.37. The smallest absolute Gasteiger partial charge is 0.231 e. The van der Waals surface area contributed by atoms with Crippen molar-refractivity contribution >= 4 is 6.29 Å². The molecular weight excluding hydrogens is 194 g/mol. The lowest BCUT2D eigenvalue weighted by Gasteiger charge is -2.07. The minimum atomic E-state index is 0.292. The first-order valence-corrected chi connectivity index (χ1v) is 4.84. The Labute approximate surface area is 88.2 Å². The van der Waals surface area contributed by atoms with E-state index in [1.165, 1.54) is 0 Å². The van der Waals surface area contributed by atoms with Crippen molar-refractivity contribution in [1.82, 2.24) is 5.32 Å². The van der Waals surface area contributed by atoms with Crippen LogP contribution in [-0.4, -0.2) is 19.6 Å². The molecule has 0 fully saturated rings. The van der Waals surface area contributed by atoms with Gasteiger partial charge in [0.15, 0.2) is 11.5 Å². The summed E-state index contributed by atoms with van der Waals surface area (Å²) in [5.41, 5.74) is 2.26. The van der Waals surface area contributed by atoms with Crippen molar-refractivity contribution in [3.63, 3.8) is 0 Å². The van der Waals surface area contributed by atoms with Crippen molar-refractivity contribution in [2.45, 2.75) is 13.5 Å². The molecule has 0 spiro atoms. The Kier molecular flexibility index (Phi) is 2.87. The number of aldehydes is 1. The van der Waals surface area contributed by atoms with E-state index in [0.717, 1.165) is 28.9 Å². The summed E-state index contributed by atoms with van der Waals surface area (Å²) in [6.45, 7) is 3.34. The standard InChI is InChI=1S/C11H13NO3/c1-8-4-10-11(15-7-14-10)5-9(8)6-12-2-3-13/h3-5,12H,2,6-7H2,1H3. The fourth-order valence-electron chi connectivity index (χ4n) is 1.54. The van der Waals surface area contributed by atoms with Crippen LogP contribution in [0.5, 0.6) is 11.5 Å².